The number of hydrogen-bond acceptors (Lipinski definition) is 3. The molecule has 2 nitrogen and oxygen atoms in total. The number of rotatable bonds is 7. The molecule has 1 aromatic carbocycles. The first-order valence-electron chi connectivity index (χ1n) is 5.85. The lowest BCUT2D eigenvalue weighted by molar-refractivity contribution is 0.138. The van der Waals surface area contributed by atoms with E-state index < -0.39 is 0 Å². The lowest BCUT2D eigenvalue weighted by Gasteiger charge is -2.08. The summed E-state index contributed by atoms with van der Waals surface area (Å²) in [5.74, 6) is 1.61. The Labute approximate surface area is 113 Å². The standard InChI is InChI=1S/C13H20ClNOS/c1-10(2)5-6-16-7-8-17-13-9-11(14)3-4-12(13)15/h3-4,9-10H,5-8,15H2,1-2H3. The Kier molecular flexibility index (Phi) is 6.78. The molecule has 0 unspecified atom stereocenters. The summed E-state index contributed by atoms with van der Waals surface area (Å²) < 4.78 is 5.54. The predicted molar refractivity (Wildman–Crippen MR) is 76.9 cm³/mol. The zero-order valence-electron chi connectivity index (χ0n) is 10.4. The summed E-state index contributed by atoms with van der Waals surface area (Å²) in [6.07, 6.45) is 1.12. The summed E-state index contributed by atoms with van der Waals surface area (Å²) in [5, 5.41) is 0.724. The highest BCUT2D eigenvalue weighted by atomic mass is 35.5. The van der Waals surface area contributed by atoms with Gasteiger partial charge in [0.05, 0.1) is 6.61 Å². The quantitative estimate of drug-likeness (QED) is 0.462. The minimum Gasteiger partial charge on any atom is -0.398 e. The van der Waals surface area contributed by atoms with E-state index in [-0.39, 0.29) is 0 Å². The number of benzene rings is 1. The zero-order valence-corrected chi connectivity index (χ0v) is 12.0. The van der Waals surface area contributed by atoms with Crippen LogP contribution in [0.3, 0.4) is 0 Å². The van der Waals surface area contributed by atoms with Crippen LogP contribution in [0.1, 0.15) is 20.3 Å². The minimum absolute atomic E-state index is 0.700. The van der Waals surface area contributed by atoms with Crippen LogP contribution in [0.2, 0.25) is 5.02 Å². The van der Waals surface area contributed by atoms with Gasteiger partial charge >= 0.3 is 0 Å². The molecule has 96 valence electrons. The summed E-state index contributed by atoms with van der Waals surface area (Å²) in [7, 11) is 0. The molecule has 0 aliphatic carbocycles. The van der Waals surface area contributed by atoms with Crippen molar-refractivity contribution in [3.63, 3.8) is 0 Å². The third-order valence-corrected chi connectivity index (χ3v) is 3.57. The van der Waals surface area contributed by atoms with Gasteiger partial charge in [-0.2, -0.15) is 0 Å². The Hall–Kier alpha value is -0.380. The summed E-state index contributed by atoms with van der Waals surface area (Å²) >= 11 is 7.60. The van der Waals surface area contributed by atoms with Gasteiger partial charge in [-0.05, 0) is 30.5 Å². The number of thioether (sulfide) groups is 1. The van der Waals surface area contributed by atoms with Crippen LogP contribution in [0.5, 0.6) is 0 Å². The van der Waals surface area contributed by atoms with E-state index >= 15 is 0 Å². The van der Waals surface area contributed by atoms with Gasteiger partial charge in [-0.3, -0.25) is 0 Å². The third-order valence-electron chi connectivity index (χ3n) is 2.30. The van der Waals surface area contributed by atoms with Gasteiger partial charge < -0.3 is 10.5 Å². The van der Waals surface area contributed by atoms with E-state index in [2.05, 4.69) is 13.8 Å². The second-order valence-electron chi connectivity index (χ2n) is 4.33. The maximum Gasteiger partial charge on any atom is 0.0560 e. The Morgan fingerprint density at radius 2 is 2.12 bits per heavy atom. The molecule has 0 aliphatic rings. The SMILES string of the molecule is CC(C)CCOCCSc1cc(Cl)ccc1N. The fourth-order valence-electron chi connectivity index (χ4n) is 1.26. The topological polar surface area (TPSA) is 35.2 Å². The van der Waals surface area contributed by atoms with E-state index in [1.54, 1.807) is 17.8 Å². The summed E-state index contributed by atoms with van der Waals surface area (Å²) in [5.41, 5.74) is 6.63. The predicted octanol–water partition coefficient (Wildman–Crippen LogP) is 4.08. The lowest BCUT2D eigenvalue weighted by atomic mass is 10.1. The second-order valence-corrected chi connectivity index (χ2v) is 5.90. The van der Waals surface area contributed by atoms with Crippen molar-refractivity contribution in [1.29, 1.82) is 0 Å². The molecule has 0 bridgehead atoms. The third kappa shape index (κ3) is 6.20. The van der Waals surface area contributed by atoms with E-state index in [4.69, 9.17) is 22.1 Å². The Morgan fingerprint density at radius 3 is 2.82 bits per heavy atom. The molecule has 0 saturated heterocycles. The maximum absolute atomic E-state index is 5.91. The molecule has 4 heteroatoms. The molecule has 1 aromatic rings. The first-order valence-corrected chi connectivity index (χ1v) is 7.21. The van der Waals surface area contributed by atoms with Gasteiger partial charge in [-0.1, -0.05) is 25.4 Å². The van der Waals surface area contributed by atoms with Crippen molar-refractivity contribution in [3.05, 3.63) is 23.2 Å². The normalized spacial score (nSPS) is 11.1. The van der Waals surface area contributed by atoms with Gasteiger partial charge in [0.15, 0.2) is 0 Å². The lowest BCUT2D eigenvalue weighted by Crippen LogP contribution is -2.02. The van der Waals surface area contributed by atoms with Crippen LogP contribution in [0.25, 0.3) is 0 Å². The van der Waals surface area contributed by atoms with Gasteiger partial charge in [-0.15, -0.1) is 11.8 Å². The molecule has 0 amide bonds. The fourth-order valence-corrected chi connectivity index (χ4v) is 2.37. The van der Waals surface area contributed by atoms with Crippen LogP contribution in [-0.2, 0) is 4.74 Å². The summed E-state index contributed by atoms with van der Waals surface area (Å²) in [6, 6.07) is 5.54. The van der Waals surface area contributed by atoms with Gasteiger partial charge in [-0.25, -0.2) is 0 Å². The van der Waals surface area contributed by atoms with Gasteiger partial charge in [0.2, 0.25) is 0 Å². The van der Waals surface area contributed by atoms with Crippen LogP contribution in [-0.4, -0.2) is 19.0 Å². The molecule has 0 aromatic heterocycles. The van der Waals surface area contributed by atoms with Crippen LogP contribution < -0.4 is 5.73 Å². The average molecular weight is 274 g/mol. The molecule has 2 N–H and O–H groups in total. The highest BCUT2D eigenvalue weighted by molar-refractivity contribution is 7.99. The zero-order chi connectivity index (χ0) is 12.7. The van der Waals surface area contributed by atoms with E-state index in [9.17, 15) is 0 Å². The van der Waals surface area contributed by atoms with Crippen molar-refractivity contribution in [3.8, 4) is 0 Å². The van der Waals surface area contributed by atoms with Crippen molar-refractivity contribution in [2.75, 3.05) is 24.7 Å². The van der Waals surface area contributed by atoms with E-state index in [0.717, 1.165) is 41.0 Å². The Balaban J connectivity index is 2.20. The number of anilines is 1. The molecule has 0 spiro atoms. The molecule has 0 aliphatic heterocycles. The fraction of sp³-hybridized carbons (Fsp3) is 0.538. The van der Waals surface area contributed by atoms with Gasteiger partial charge in [0.25, 0.3) is 0 Å². The van der Waals surface area contributed by atoms with E-state index in [0.29, 0.717) is 5.92 Å². The number of ether oxygens (including phenoxy) is 1. The highest BCUT2D eigenvalue weighted by Crippen LogP contribution is 2.27. The average Bonchev–Trinajstić information content (AvgIpc) is 2.27. The molecule has 17 heavy (non-hydrogen) atoms. The summed E-state index contributed by atoms with van der Waals surface area (Å²) in [4.78, 5) is 1.03. The first-order chi connectivity index (χ1) is 8.09. The Bertz CT molecular complexity index is 344. The van der Waals surface area contributed by atoms with Crippen LogP contribution in [0, 0.1) is 5.92 Å². The Morgan fingerprint density at radius 1 is 1.35 bits per heavy atom. The van der Waals surface area contributed by atoms with Crippen LogP contribution in [0.15, 0.2) is 23.1 Å². The summed E-state index contributed by atoms with van der Waals surface area (Å²) in [6.45, 7) is 5.99. The maximum atomic E-state index is 5.91. The monoisotopic (exact) mass is 273 g/mol. The number of nitrogens with two attached hydrogens (primary N) is 1. The molecule has 0 fully saturated rings. The number of nitrogen functional groups attached to an aromatic ring is 1. The molecule has 0 saturated carbocycles. The molecule has 0 radical (unpaired) electrons. The number of hydrogen-bond donors (Lipinski definition) is 1. The van der Waals surface area contributed by atoms with Gasteiger partial charge in [0, 0.05) is 28.0 Å². The van der Waals surface area contributed by atoms with Crippen molar-refractivity contribution in [1.82, 2.24) is 0 Å². The molecule has 0 atom stereocenters. The molecular weight excluding hydrogens is 254 g/mol. The van der Waals surface area contributed by atoms with E-state index in [1.807, 2.05) is 12.1 Å². The minimum atomic E-state index is 0.700. The first kappa shape index (κ1) is 14.7. The van der Waals surface area contributed by atoms with Crippen molar-refractivity contribution in [2.24, 2.45) is 5.92 Å². The smallest absolute Gasteiger partial charge is 0.0560 e. The molecular formula is C13H20ClNOS. The highest BCUT2D eigenvalue weighted by Gasteiger charge is 2.01. The molecule has 0 heterocycles. The van der Waals surface area contributed by atoms with E-state index in [1.165, 1.54) is 0 Å². The largest absolute Gasteiger partial charge is 0.398 e. The number of halogens is 1. The second kappa shape index (κ2) is 7.85. The van der Waals surface area contributed by atoms with Crippen molar-refractivity contribution < 1.29 is 4.74 Å². The van der Waals surface area contributed by atoms with Crippen molar-refractivity contribution in [2.45, 2.75) is 25.2 Å². The van der Waals surface area contributed by atoms with Crippen LogP contribution in [0.4, 0.5) is 5.69 Å². The van der Waals surface area contributed by atoms with Crippen molar-refractivity contribution >= 4 is 29.1 Å². The molecule has 1 rings (SSSR count). The van der Waals surface area contributed by atoms with Crippen LogP contribution >= 0.6 is 23.4 Å². The van der Waals surface area contributed by atoms with Gasteiger partial charge in [0.1, 0.15) is 0 Å².